The molecule has 0 aromatic rings. The van der Waals surface area contributed by atoms with Crippen molar-refractivity contribution < 1.29 is 4.74 Å². The van der Waals surface area contributed by atoms with Crippen LogP contribution in [0.1, 0.15) is 27.7 Å². The molecule has 1 N–H and O–H groups in total. The van der Waals surface area contributed by atoms with Crippen molar-refractivity contribution in [3.05, 3.63) is 0 Å². The van der Waals surface area contributed by atoms with E-state index in [1.165, 1.54) is 0 Å². The van der Waals surface area contributed by atoms with E-state index in [9.17, 15) is 0 Å². The first-order valence-electron chi connectivity index (χ1n) is 4.86. The topological polar surface area (TPSA) is 21.3 Å². The standard InChI is InChI=1S/C10H22ClNO/c1-9(2)13-6-5-12-8-10(3,4)7-11/h9,12H,5-8H2,1-4H3. The number of alkyl halides is 1. The van der Waals surface area contributed by atoms with Crippen LogP contribution in [0, 0.1) is 5.41 Å². The lowest BCUT2D eigenvalue weighted by Gasteiger charge is -2.21. The Morgan fingerprint density at radius 1 is 1.38 bits per heavy atom. The first-order valence-corrected chi connectivity index (χ1v) is 5.40. The molecular weight excluding hydrogens is 186 g/mol. The van der Waals surface area contributed by atoms with E-state index in [-0.39, 0.29) is 5.41 Å². The summed E-state index contributed by atoms with van der Waals surface area (Å²) in [6.07, 6.45) is 0.322. The Hall–Kier alpha value is 0.210. The fraction of sp³-hybridized carbons (Fsp3) is 1.00. The zero-order chi connectivity index (χ0) is 10.3. The minimum atomic E-state index is 0.180. The molecule has 0 saturated heterocycles. The highest BCUT2D eigenvalue weighted by atomic mass is 35.5. The van der Waals surface area contributed by atoms with Crippen LogP contribution in [0.5, 0.6) is 0 Å². The second-order valence-electron chi connectivity index (χ2n) is 4.39. The molecule has 0 radical (unpaired) electrons. The molecule has 0 saturated carbocycles. The van der Waals surface area contributed by atoms with Gasteiger partial charge in [-0.05, 0) is 19.3 Å². The normalized spacial score (nSPS) is 12.5. The molecule has 0 aliphatic carbocycles. The van der Waals surface area contributed by atoms with Gasteiger partial charge in [0.05, 0.1) is 12.7 Å². The first-order chi connectivity index (χ1) is 5.98. The van der Waals surface area contributed by atoms with E-state index in [1.807, 2.05) is 13.8 Å². The van der Waals surface area contributed by atoms with Crippen molar-refractivity contribution in [2.24, 2.45) is 5.41 Å². The van der Waals surface area contributed by atoms with Gasteiger partial charge in [-0.2, -0.15) is 0 Å². The van der Waals surface area contributed by atoms with Crippen molar-refractivity contribution >= 4 is 11.6 Å². The van der Waals surface area contributed by atoms with Gasteiger partial charge in [-0.3, -0.25) is 0 Å². The molecule has 0 aromatic heterocycles. The van der Waals surface area contributed by atoms with Crippen LogP contribution in [0.4, 0.5) is 0 Å². The lowest BCUT2D eigenvalue weighted by molar-refractivity contribution is 0.0798. The molecule has 0 aromatic carbocycles. The van der Waals surface area contributed by atoms with Gasteiger partial charge in [0.2, 0.25) is 0 Å². The number of hydrogen-bond donors (Lipinski definition) is 1. The summed E-state index contributed by atoms with van der Waals surface area (Å²) in [4.78, 5) is 0. The smallest absolute Gasteiger partial charge is 0.0594 e. The van der Waals surface area contributed by atoms with E-state index in [2.05, 4.69) is 19.2 Å². The quantitative estimate of drug-likeness (QED) is 0.511. The van der Waals surface area contributed by atoms with Gasteiger partial charge in [-0.25, -0.2) is 0 Å². The van der Waals surface area contributed by atoms with Crippen molar-refractivity contribution in [3.8, 4) is 0 Å². The average molecular weight is 208 g/mol. The molecule has 0 bridgehead atoms. The largest absolute Gasteiger partial charge is 0.377 e. The van der Waals surface area contributed by atoms with E-state index in [0.717, 1.165) is 19.7 Å². The summed E-state index contributed by atoms with van der Waals surface area (Å²) >= 11 is 5.79. The van der Waals surface area contributed by atoms with Gasteiger partial charge in [-0.1, -0.05) is 13.8 Å². The number of nitrogens with one attached hydrogen (secondary N) is 1. The molecule has 0 rings (SSSR count). The van der Waals surface area contributed by atoms with Crippen LogP contribution < -0.4 is 5.32 Å². The van der Waals surface area contributed by atoms with Crippen LogP contribution in [0.25, 0.3) is 0 Å². The maximum Gasteiger partial charge on any atom is 0.0594 e. The molecule has 13 heavy (non-hydrogen) atoms. The Morgan fingerprint density at radius 3 is 2.46 bits per heavy atom. The molecule has 0 unspecified atom stereocenters. The third kappa shape index (κ3) is 8.54. The van der Waals surface area contributed by atoms with Crippen LogP contribution in [0.2, 0.25) is 0 Å². The van der Waals surface area contributed by atoms with Gasteiger partial charge in [0.25, 0.3) is 0 Å². The van der Waals surface area contributed by atoms with Crippen LogP contribution in [0.3, 0.4) is 0 Å². The van der Waals surface area contributed by atoms with Gasteiger partial charge < -0.3 is 10.1 Å². The summed E-state index contributed by atoms with van der Waals surface area (Å²) in [5, 5.41) is 3.32. The molecule has 80 valence electrons. The molecule has 0 aliphatic heterocycles. The highest BCUT2D eigenvalue weighted by Crippen LogP contribution is 2.14. The third-order valence-corrected chi connectivity index (χ3v) is 2.42. The summed E-state index contributed by atoms with van der Waals surface area (Å²) in [6, 6.07) is 0. The van der Waals surface area contributed by atoms with Gasteiger partial charge in [0.1, 0.15) is 0 Å². The van der Waals surface area contributed by atoms with Crippen LogP contribution in [0.15, 0.2) is 0 Å². The summed E-state index contributed by atoms with van der Waals surface area (Å²) in [5.74, 6) is 0.686. The van der Waals surface area contributed by atoms with Crippen LogP contribution in [-0.2, 0) is 4.74 Å². The zero-order valence-corrected chi connectivity index (χ0v) is 9.95. The highest BCUT2D eigenvalue weighted by molar-refractivity contribution is 6.18. The van der Waals surface area contributed by atoms with Gasteiger partial charge in [0, 0.05) is 19.0 Å². The van der Waals surface area contributed by atoms with Crippen molar-refractivity contribution in [2.45, 2.75) is 33.8 Å². The molecule has 0 heterocycles. The third-order valence-electron chi connectivity index (χ3n) is 1.70. The molecule has 0 amide bonds. The predicted molar refractivity (Wildman–Crippen MR) is 58.5 cm³/mol. The zero-order valence-electron chi connectivity index (χ0n) is 9.19. The Bertz CT molecular complexity index is 126. The monoisotopic (exact) mass is 207 g/mol. The lowest BCUT2D eigenvalue weighted by Crippen LogP contribution is -2.33. The lowest BCUT2D eigenvalue weighted by atomic mass is 9.97. The maximum atomic E-state index is 5.79. The Morgan fingerprint density at radius 2 is 2.00 bits per heavy atom. The minimum Gasteiger partial charge on any atom is -0.377 e. The summed E-state index contributed by atoms with van der Waals surface area (Å²) in [5.41, 5.74) is 0.180. The van der Waals surface area contributed by atoms with Crippen molar-refractivity contribution in [3.63, 3.8) is 0 Å². The van der Waals surface area contributed by atoms with E-state index in [0.29, 0.717) is 12.0 Å². The molecular formula is C10H22ClNO. The predicted octanol–water partition coefficient (Wildman–Crippen LogP) is 2.27. The fourth-order valence-corrected chi connectivity index (χ4v) is 0.935. The Kier molecular flexibility index (Phi) is 6.74. The SMILES string of the molecule is CC(C)OCCNCC(C)(C)CCl. The molecule has 0 atom stereocenters. The second-order valence-corrected chi connectivity index (χ2v) is 4.66. The van der Waals surface area contributed by atoms with Gasteiger partial charge >= 0.3 is 0 Å². The van der Waals surface area contributed by atoms with Crippen molar-refractivity contribution in [1.29, 1.82) is 0 Å². The second kappa shape index (κ2) is 6.63. The fourth-order valence-electron chi connectivity index (χ4n) is 0.841. The van der Waals surface area contributed by atoms with Gasteiger partial charge in [0.15, 0.2) is 0 Å². The molecule has 2 nitrogen and oxygen atoms in total. The molecule has 3 heteroatoms. The van der Waals surface area contributed by atoms with E-state index < -0.39 is 0 Å². The Labute approximate surface area is 87.0 Å². The van der Waals surface area contributed by atoms with Crippen molar-refractivity contribution in [1.82, 2.24) is 5.32 Å². The highest BCUT2D eigenvalue weighted by Gasteiger charge is 2.14. The number of rotatable bonds is 7. The number of hydrogen-bond acceptors (Lipinski definition) is 2. The van der Waals surface area contributed by atoms with E-state index in [4.69, 9.17) is 16.3 Å². The van der Waals surface area contributed by atoms with E-state index >= 15 is 0 Å². The Balaban J connectivity index is 3.26. The molecule has 0 spiro atoms. The van der Waals surface area contributed by atoms with Crippen LogP contribution >= 0.6 is 11.6 Å². The molecule has 0 fully saturated rings. The summed E-state index contributed by atoms with van der Waals surface area (Å²) in [7, 11) is 0. The maximum absolute atomic E-state index is 5.79. The van der Waals surface area contributed by atoms with Crippen molar-refractivity contribution in [2.75, 3.05) is 25.6 Å². The van der Waals surface area contributed by atoms with Gasteiger partial charge in [-0.15, -0.1) is 11.6 Å². The number of halogens is 1. The summed E-state index contributed by atoms with van der Waals surface area (Å²) in [6.45, 7) is 11.0. The van der Waals surface area contributed by atoms with E-state index in [1.54, 1.807) is 0 Å². The molecule has 0 aliphatic rings. The van der Waals surface area contributed by atoms with Crippen LogP contribution in [-0.4, -0.2) is 31.7 Å². The first kappa shape index (κ1) is 13.2. The minimum absolute atomic E-state index is 0.180. The average Bonchev–Trinajstić information content (AvgIpc) is 2.03. The number of ether oxygens (including phenoxy) is 1. The summed E-state index contributed by atoms with van der Waals surface area (Å²) < 4.78 is 5.39.